The molecule has 15 heavy (non-hydrogen) atoms. The van der Waals surface area contributed by atoms with Crippen LogP contribution in [-0.2, 0) is 13.6 Å². The van der Waals surface area contributed by atoms with E-state index in [2.05, 4.69) is 44.8 Å². The second kappa shape index (κ2) is 4.21. The molecule has 0 fully saturated rings. The lowest BCUT2D eigenvalue weighted by molar-refractivity contribution is 0.831. The van der Waals surface area contributed by atoms with Crippen LogP contribution >= 0.6 is 15.9 Å². The fraction of sp³-hybridized carbons (Fsp3) is 0.167. The van der Waals surface area contributed by atoms with Crippen LogP contribution in [0.3, 0.4) is 0 Å². The van der Waals surface area contributed by atoms with Gasteiger partial charge in [0, 0.05) is 29.5 Å². The van der Waals surface area contributed by atoms with E-state index in [1.165, 1.54) is 11.3 Å². The van der Waals surface area contributed by atoms with Gasteiger partial charge in [0.2, 0.25) is 0 Å². The first-order chi connectivity index (χ1) is 7.22. The monoisotopic (exact) mass is 264 g/mol. The average molecular weight is 265 g/mol. The normalized spacial score (nSPS) is 10.6. The summed E-state index contributed by atoms with van der Waals surface area (Å²) in [5.74, 6) is 0. The summed E-state index contributed by atoms with van der Waals surface area (Å²) >= 11 is 3.43. The maximum atomic E-state index is 5.64. The SMILES string of the molecule is Cn1c(CN)ccc1-c1ccc(Br)cc1. The Morgan fingerprint density at radius 2 is 1.80 bits per heavy atom. The third-order valence-electron chi connectivity index (χ3n) is 2.57. The molecule has 2 aromatic rings. The Balaban J connectivity index is 2.45. The van der Waals surface area contributed by atoms with E-state index in [-0.39, 0.29) is 0 Å². The third-order valence-corrected chi connectivity index (χ3v) is 3.10. The van der Waals surface area contributed by atoms with Crippen molar-refractivity contribution < 1.29 is 0 Å². The predicted octanol–water partition coefficient (Wildman–Crippen LogP) is 2.91. The molecule has 2 N–H and O–H groups in total. The Labute approximate surface area is 97.8 Å². The zero-order valence-electron chi connectivity index (χ0n) is 8.57. The Morgan fingerprint density at radius 3 is 2.33 bits per heavy atom. The minimum absolute atomic E-state index is 0.576. The molecule has 0 radical (unpaired) electrons. The summed E-state index contributed by atoms with van der Waals surface area (Å²) < 4.78 is 3.22. The van der Waals surface area contributed by atoms with Gasteiger partial charge in [0.05, 0.1) is 0 Å². The van der Waals surface area contributed by atoms with Crippen molar-refractivity contribution in [3.63, 3.8) is 0 Å². The third kappa shape index (κ3) is 1.98. The lowest BCUT2D eigenvalue weighted by atomic mass is 10.1. The van der Waals surface area contributed by atoms with Crippen LogP contribution in [0, 0.1) is 0 Å². The summed E-state index contributed by atoms with van der Waals surface area (Å²) in [5, 5.41) is 0. The van der Waals surface area contributed by atoms with Crippen molar-refractivity contribution in [2.24, 2.45) is 12.8 Å². The Morgan fingerprint density at radius 1 is 1.13 bits per heavy atom. The van der Waals surface area contributed by atoms with Crippen molar-refractivity contribution in [3.05, 3.63) is 46.6 Å². The number of halogens is 1. The molecule has 1 aromatic heterocycles. The van der Waals surface area contributed by atoms with Crippen molar-refractivity contribution in [1.29, 1.82) is 0 Å². The van der Waals surface area contributed by atoms with Crippen LogP contribution in [0.4, 0.5) is 0 Å². The minimum atomic E-state index is 0.576. The standard InChI is InChI=1S/C12H13BrN2/c1-15-11(8-14)6-7-12(15)9-2-4-10(13)5-3-9/h2-7H,8,14H2,1H3. The van der Waals surface area contributed by atoms with Crippen LogP contribution in [0.5, 0.6) is 0 Å². The van der Waals surface area contributed by atoms with Gasteiger partial charge in [-0.05, 0) is 29.8 Å². The number of rotatable bonds is 2. The van der Waals surface area contributed by atoms with Gasteiger partial charge in [-0.2, -0.15) is 0 Å². The van der Waals surface area contributed by atoms with Crippen LogP contribution < -0.4 is 5.73 Å². The molecule has 1 heterocycles. The summed E-state index contributed by atoms with van der Waals surface area (Å²) in [4.78, 5) is 0. The number of hydrogen-bond donors (Lipinski definition) is 1. The van der Waals surface area contributed by atoms with Crippen LogP contribution in [0.15, 0.2) is 40.9 Å². The predicted molar refractivity (Wildman–Crippen MR) is 66.4 cm³/mol. The van der Waals surface area contributed by atoms with Gasteiger partial charge in [-0.1, -0.05) is 28.1 Å². The Hall–Kier alpha value is -1.06. The van der Waals surface area contributed by atoms with Gasteiger partial charge in [0.1, 0.15) is 0 Å². The number of hydrogen-bond acceptors (Lipinski definition) is 1. The number of nitrogens with zero attached hydrogens (tertiary/aromatic N) is 1. The van der Waals surface area contributed by atoms with Crippen LogP contribution in [-0.4, -0.2) is 4.57 Å². The van der Waals surface area contributed by atoms with E-state index in [9.17, 15) is 0 Å². The maximum Gasteiger partial charge on any atom is 0.0480 e. The number of benzene rings is 1. The molecule has 0 unspecified atom stereocenters. The van der Waals surface area contributed by atoms with E-state index in [1.807, 2.05) is 19.2 Å². The highest BCUT2D eigenvalue weighted by molar-refractivity contribution is 9.10. The second-order valence-corrected chi connectivity index (χ2v) is 4.40. The molecule has 78 valence electrons. The highest BCUT2D eigenvalue weighted by Crippen LogP contribution is 2.23. The van der Waals surface area contributed by atoms with Crippen molar-refractivity contribution in [1.82, 2.24) is 4.57 Å². The van der Waals surface area contributed by atoms with Crippen molar-refractivity contribution in [2.75, 3.05) is 0 Å². The summed E-state index contributed by atoms with van der Waals surface area (Å²) in [6.07, 6.45) is 0. The van der Waals surface area contributed by atoms with E-state index < -0.39 is 0 Å². The summed E-state index contributed by atoms with van der Waals surface area (Å²) in [5.41, 5.74) is 9.19. The fourth-order valence-corrected chi connectivity index (χ4v) is 1.93. The molecule has 0 saturated heterocycles. The summed E-state index contributed by atoms with van der Waals surface area (Å²) in [6.45, 7) is 0.576. The largest absolute Gasteiger partial charge is 0.346 e. The van der Waals surface area contributed by atoms with Gasteiger partial charge in [0.15, 0.2) is 0 Å². The quantitative estimate of drug-likeness (QED) is 0.889. The molecule has 3 heteroatoms. The molecule has 2 nitrogen and oxygen atoms in total. The zero-order chi connectivity index (χ0) is 10.8. The first kappa shape index (κ1) is 10.5. The molecule has 0 spiro atoms. The van der Waals surface area contributed by atoms with Crippen molar-refractivity contribution in [3.8, 4) is 11.3 Å². The average Bonchev–Trinajstić information content (AvgIpc) is 2.61. The molecular weight excluding hydrogens is 252 g/mol. The number of aromatic nitrogens is 1. The van der Waals surface area contributed by atoms with Gasteiger partial charge in [-0.25, -0.2) is 0 Å². The summed E-state index contributed by atoms with van der Waals surface area (Å²) in [7, 11) is 2.04. The van der Waals surface area contributed by atoms with Gasteiger partial charge < -0.3 is 10.3 Å². The molecule has 0 bridgehead atoms. The highest BCUT2D eigenvalue weighted by Gasteiger charge is 2.04. The van der Waals surface area contributed by atoms with E-state index in [4.69, 9.17) is 5.73 Å². The lowest BCUT2D eigenvalue weighted by Crippen LogP contribution is -2.03. The summed E-state index contributed by atoms with van der Waals surface area (Å²) in [6, 6.07) is 12.5. The molecule has 2 rings (SSSR count). The minimum Gasteiger partial charge on any atom is -0.346 e. The van der Waals surface area contributed by atoms with Gasteiger partial charge in [0.25, 0.3) is 0 Å². The van der Waals surface area contributed by atoms with Crippen LogP contribution in [0.25, 0.3) is 11.3 Å². The number of nitrogens with two attached hydrogens (primary N) is 1. The molecule has 0 amide bonds. The van der Waals surface area contributed by atoms with E-state index >= 15 is 0 Å². The van der Waals surface area contributed by atoms with Crippen LogP contribution in [0.2, 0.25) is 0 Å². The fourth-order valence-electron chi connectivity index (χ4n) is 1.67. The Bertz CT molecular complexity index is 457. The first-order valence-corrected chi connectivity index (χ1v) is 5.62. The molecule has 0 atom stereocenters. The van der Waals surface area contributed by atoms with Crippen molar-refractivity contribution in [2.45, 2.75) is 6.54 Å². The van der Waals surface area contributed by atoms with Gasteiger partial charge in [-0.3, -0.25) is 0 Å². The molecule has 0 aliphatic heterocycles. The molecule has 1 aromatic carbocycles. The van der Waals surface area contributed by atoms with E-state index in [0.717, 1.165) is 10.2 Å². The van der Waals surface area contributed by atoms with Crippen molar-refractivity contribution >= 4 is 15.9 Å². The second-order valence-electron chi connectivity index (χ2n) is 3.48. The zero-order valence-corrected chi connectivity index (χ0v) is 10.2. The molecular formula is C12H13BrN2. The maximum absolute atomic E-state index is 5.64. The molecule has 0 aliphatic rings. The topological polar surface area (TPSA) is 30.9 Å². The van der Waals surface area contributed by atoms with Crippen LogP contribution in [0.1, 0.15) is 5.69 Å². The van der Waals surface area contributed by atoms with Gasteiger partial charge >= 0.3 is 0 Å². The smallest absolute Gasteiger partial charge is 0.0480 e. The molecule has 0 aliphatic carbocycles. The lowest BCUT2D eigenvalue weighted by Gasteiger charge is -2.06. The highest BCUT2D eigenvalue weighted by atomic mass is 79.9. The van der Waals surface area contributed by atoms with Gasteiger partial charge in [-0.15, -0.1) is 0 Å². The van der Waals surface area contributed by atoms with E-state index in [1.54, 1.807) is 0 Å². The van der Waals surface area contributed by atoms with E-state index in [0.29, 0.717) is 6.54 Å². The molecule has 0 saturated carbocycles. The Kier molecular flexibility index (Phi) is 2.93. The first-order valence-electron chi connectivity index (χ1n) is 4.83.